The van der Waals surface area contributed by atoms with Crippen LogP contribution < -0.4 is 10.2 Å². The Hall–Kier alpha value is -3.18. The van der Waals surface area contributed by atoms with Crippen molar-refractivity contribution in [2.45, 2.75) is 0 Å². The van der Waals surface area contributed by atoms with E-state index in [0.29, 0.717) is 5.69 Å². The Morgan fingerprint density at radius 3 is 2.37 bits per heavy atom. The second kappa shape index (κ2) is 8.01. The Balaban J connectivity index is 1.46. The molecule has 0 atom stereocenters. The van der Waals surface area contributed by atoms with E-state index in [1.807, 2.05) is 66.7 Å². The van der Waals surface area contributed by atoms with Crippen molar-refractivity contribution >= 4 is 17.3 Å². The fourth-order valence-corrected chi connectivity index (χ4v) is 3.10. The molecule has 27 heavy (non-hydrogen) atoms. The van der Waals surface area contributed by atoms with E-state index < -0.39 is 0 Å². The normalized spacial score (nSPS) is 14.0. The number of carbonyl (C=O) groups is 1. The van der Waals surface area contributed by atoms with Crippen molar-refractivity contribution in [3.63, 3.8) is 0 Å². The lowest BCUT2D eigenvalue weighted by atomic mass is 10.1. The number of amides is 1. The molecule has 5 heteroatoms. The van der Waals surface area contributed by atoms with Gasteiger partial charge in [-0.2, -0.15) is 0 Å². The molecule has 0 unspecified atom stereocenters. The molecule has 0 radical (unpaired) electrons. The number of benzene rings is 2. The van der Waals surface area contributed by atoms with E-state index in [2.05, 4.69) is 15.2 Å². The van der Waals surface area contributed by atoms with E-state index >= 15 is 0 Å². The van der Waals surface area contributed by atoms with Gasteiger partial charge in [0.1, 0.15) is 5.69 Å². The fraction of sp³-hybridized carbons (Fsp3) is 0.182. The summed E-state index contributed by atoms with van der Waals surface area (Å²) in [6.45, 7) is 3.29. The summed E-state index contributed by atoms with van der Waals surface area (Å²) in [5, 5.41) is 2.92. The van der Waals surface area contributed by atoms with E-state index in [1.165, 1.54) is 0 Å². The molecule has 0 spiro atoms. The van der Waals surface area contributed by atoms with Gasteiger partial charge in [0.05, 0.1) is 18.9 Å². The molecule has 2 heterocycles. The van der Waals surface area contributed by atoms with Crippen molar-refractivity contribution in [2.24, 2.45) is 0 Å². The number of rotatable bonds is 4. The minimum Gasteiger partial charge on any atom is -0.378 e. The average Bonchev–Trinajstić information content (AvgIpc) is 2.75. The highest BCUT2D eigenvalue weighted by Crippen LogP contribution is 2.20. The third kappa shape index (κ3) is 4.15. The van der Waals surface area contributed by atoms with Crippen molar-refractivity contribution < 1.29 is 9.53 Å². The molecule has 1 N–H and O–H groups in total. The molecule has 4 rings (SSSR count). The number of hydrogen-bond donors (Lipinski definition) is 1. The summed E-state index contributed by atoms with van der Waals surface area (Å²) in [4.78, 5) is 19.4. The number of aromatic nitrogens is 1. The monoisotopic (exact) mass is 359 g/mol. The largest absolute Gasteiger partial charge is 0.378 e. The Bertz CT molecular complexity index is 904. The van der Waals surface area contributed by atoms with Crippen LogP contribution in [0.4, 0.5) is 11.4 Å². The zero-order valence-corrected chi connectivity index (χ0v) is 15.0. The fourth-order valence-electron chi connectivity index (χ4n) is 3.10. The first-order valence-electron chi connectivity index (χ1n) is 9.06. The lowest BCUT2D eigenvalue weighted by Crippen LogP contribution is -2.36. The van der Waals surface area contributed by atoms with Crippen molar-refractivity contribution in [3.05, 3.63) is 78.5 Å². The Labute approximate surface area is 158 Å². The molecule has 0 bridgehead atoms. The standard InChI is InChI=1S/C22H21N3O2/c26-22(21-8-4-7-20(24-21)17-5-2-1-3-6-17)23-18-9-11-19(12-10-18)25-13-15-27-16-14-25/h1-12H,13-16H2,(H,23,26). The zero-order chi connectivity index (χ0) is 18.5. The summed E-state index contributed by atoms with van der Waals surface area (Å²) < 4.78 is 5.38. The Morgan fingerprint density at radius 1 is 0.889 bits per heavy atom. The van der Waals surface area contributed by atoms with Gasteiger partial charge in [0.25, 0.3) is 5.91 Å². The van der Waals surface area contributed by atoms with Crippen molar-refractivity contribution in [3.8, 4) is 11.3 Å². The predicted molar refractivity (Wildman–Crippen MR) is 107 cm³/mol. The number of hydrogen-bond acceptors (Lipinski definition) is 4. The zero-order valence-electron chi connectivity index (χ0n) is 15.0. The molecule has 0 aliphatic carbocycles. The molecule has 136 valence electrons. The second-order valence-corrected chi connectivity index (χ2v) is 6.37. The molecular weight excluding hydrogens is 338 g/mol. The summed E-state index contributed by atoms with van der Waals surface area (Å²) in [6.07, 6.45) is 0. The molecule has 1 fully saturated rings. The summed E-state index contributed by atoms with van der Waals surface area (Å²) in [6, 6.07) is 23.2. The van der Waals surface area contributed by atoms with E-state index in [-0.39, 0.29) is 5.91 Å². The maximum Gasteiger partial charge on any atom is 0.274 e. The van der Waals surface area contributed by atoms with Crippen molar-refractivity contribution in [2.75, 3.05) is 36.5 Å². The van der Waals surface area contributed by atoms with Crippen LogP contribution in [0.1, 0.15) is 10.5 Å². The van der Waals surface area contributed by atoms with Crippen LogP contribution in [0, 0.1) is 0 Å². The highest BCUT2D eigenvalue weighted by molar-refractivity contribution is 6.03. The quantitative estimate of drug-likeness (QED) is 0.769. The number of anilines is 2. The lowest BCUT2D eigenvalue weighted by Gasteiger charge is -2.28. The molecule has 1 amide bonds. The van der Waals surface area contributed by atoms with Crippen molar-refractivity contribution in [1.29, 1.82) is 0 Å². The van der Waals surface area contributed by atoms with Crippen LogP contribution in [0.25, 0.3) is 11.3 Å². The first-order chi connectivity index (χ1) is 13.3. The molecule has 2 aromatic carbocycles. The van der Waals surface area contributed by atoms with Gasteiger partial charge in [-0.25, -0.2) is 4.98 Å². The van der Waals surface area contributed by atoms with Crippen LogP contribution in [-0.2, 0) is 4.74 Å². The van der Waals surface area contributed by atoms with Gasteiger partial charge in [0.15, 0.2) is 0 Å². The molecule has 1 aliphatic heterocycles. The number of morpholine rings is 1. The highest BCUT2D eigenvalue weighted by Gasteiger charge is 2.12. The van der Waals surface area contributed by atoms with Crippen LogP contribution in [0.15, 0.2) is 72.8 Å². The van der Waals surface area contributed by atoms with Gasteiger partial charge in [-0.3, -0.25) is 4.79 Å². The van der Waals surface area contributed by atoms with Gasteiger partial charge in [-0.1, -0.05) is 36.4 Å². The van der Waals surface area contributed by atoms with E-state index in [9.17, 15) is 4.79 Å². The number of pyridine rings is 1. The van der Waals surface area contributed by atoms with E-state index in [0.717, 1.165) is 48.9 Å². The maximum atomic E-state index is 12.6. The third-order valence-corrected chi connectivity index (χ3v) is 4.55. The smallest absolute Gasteiger partial charge is 0.274 e. The maximum absolute atomic E-state index is 12.6. The minimum atomic E-state index is -0.216. The number of nitrogens with zero attached hydrogens (tertiary/aromatic N) is 2. The minimum absolute atomic E-state index is 0.216. The molecule has 0 saturated carbocycles. The molecule has 3 aromatic rings. The average molecular weight is 359 g/mol. The first-order valence-corrected chi connectivity index (χ1v) is 9.06. The highest BCUT2D eigenvalue weighted by atomic mass is 16.5. The summed E-state index contributed by atoms with van der Waals surface area (Å²) in [7, 11) is 0. The van der Waals surface area contributed by atoms with Crippen LogP contribution in [0.5, 0.6) is 0 Å². The van der Waals surface area contributed by atoms with Gasteiger partial charge in [-0.15, -0.1) is 0 Å². The summed E-state index contributed by atoms with van der Waals surface area (Å²) in [5.41, 5.74) is 4.06. The first kappa shape index (κ1) is 17.2. The van der Waals surface area contributed by atoms with Gasteiger partial charge < -0.3 is 15.0 Å². The molecular formula is C22H21N3O2. The Kier molecular flexibility index (Phi) is 5.12. The van der Waals surface area contributed by atoms with Gasteiger partial charge in [-0.05, 0) is 36.4 Å². The van der Waals surface area contributed by atoms with Gasteiger partial charge in [0, 0.05) is 30.0 Å². The SMILES string of the molecule is O=C(Nc1ccc(N2CCOCC2)cc1)c1cccc(-c2ccccc2)n1. The van der Waals surface area contributed by atoms with Gasteiger partial charge in [0.2, 0.25) is 0 Å². The molecule has 1 aliphatic rings. The molecule has 5 nitrogen and oxygen atoms in total. The van der Waals surface area contributed by atoms with Crippen LogP contribution in [-0.4, -0.2) is 37.2 Å². The Morgan fingerprint density at radius 2 is 1.63 bits per heavy atom. The predicted octanol–water partition coefficient (Wildman–Crippen LogP) is 3.84. The van der Waals surface area contributed by atoms with E-state index in [4.69, 9.17) is 4.74 Å². The second-order valence-electron chi connectivity index (χ2n) is 6.37. The van der Waals surface area contributed by atoms with Crippen LogP contribution in [0.2, 0.25) is 0 Å². The van der Waals surface area contributed by atoms with Crippen LogP contribution in [0.3, 0.4) is 0 Å². The third-order valence-electron chi connectivity index (χ3n) is 4.55. The van der Waals surface area contributed by atoms with E-state index in [1.54, 1.807) is 6.07 Å². The lowest BCUT2D eigenvalue weighted by molar-refractivity contribution is 0.102. The summed E-state index contributed by atoms with van der Waals surface area (Å²) >= 11 is 0. The number of nitrogens with one attached hydrogen (secondary N) is 1. The number of carbonyl (C=O) groups excluding carboxylic acids is 1. The van der Waals surface area contributed by atoms with Gasteiger partial charge >= 0.3 is 0 Å². The topological polar surface area (TPSA) is 54.5 Å². The molecule has 1 aromatic heterocycles. The number of ether oxygens (including phenoxy) is 1. The van der Waals surface area contributed by atoms with Crippen molar-refractivity contribution in [1.82, 2.24) is 4.98 Å². The van der Waals surface area contributed by atoms with Crippen LogP contribution >= 0.6 is 0 Å². The summed E-state index contributed by atoms with van der Waals surface area (Å²) in [5.74, 6) is -0.216. The molecule has 1 saturated heterocycles.